The molecular formula is C12H17BrN2OS. The summed E-state index contributed by atoms with van der Waals surface area (Å²) < 4.78 is 0.905. The molecule has 1 aromatic carbocycles. The minimum absolute atomic E-state index is 0.000136. The summed E-state index contributed by atoms with van der Waals surface area (Å²) in [5, 5.41) is 3.18. The number of halogens is 1. The van der Waals surface area contributed by atoms with E-state index in [1.807, 2.05) is 32.0 Å². The molecule has 3 nitrogen and oxygen atoms in total. The van der Waals surface area contributed by atoms with Gasteiger partial charge in [-0.3, -0.25) is 4.79 Å². The smallest absolute Gasteiger partial charge is 0.234 e. The van der Waals surface area contributed by atoms with Crippen molar-refractivity contribution in [2.24, 2.45) is 5.73 Å². The van der Waals surface area contributed by atoms with E-state index in [1.165, 1.54) is 0 Å². The van der Waals surface area contributed by atoms with Gasteiger partial charge in [0.05, 0.1) is 11.4 Å². The number of hydrogen-bond donors (Lipinski definition) is 2. The van der Waals surface area contributed by atoms with Crippen LogP contribution < -0.4 is 11.1 Å². The molecule has 17 heavy (non-hydrogen) atoms. The zero-order valence-corrected chi connectivity index (χ0v) is 12.4. The molecule has 0 fully saturated rings. The van der Waals surface area contributed by atoms with E-state index in [1.54, 1.807) is 11.8 Å². The van der Waals surface area contributed by atoms with Gasteiger partial charge in [0.15, 0.2) is 0 Å². The summed E-state index contributed by atoms with van der Waals surface area (Å²) in [4.78, 5) is 11.7. The predicted octanol–water partition coefficient (Wildman–Crippen LogP) is 2.78. The van der Waals surface area contributed by atoms with Gasteiger partial charge in [-0.15, -0.1) is 11.8 Å². The van der Waals surface area contributed by atoms with E-state index in [4.69, 9.17) is 5.73 Å². The van der Waals surface area contributed by atoms with Crippen LogP contribution in [0.3, 0.4) is 0 Å². The minimum atomic E-state index is -0.000136. The van der Waals surface area contributed by atoms with Gasteiger partial charge in [0, 0.05) is 16.3 Å². The monoisotopic (exact) mass is 316 g/mol. The standard InChI is InChI=1S/C12H17BrN2OS/c1-8-3-4-11(10(13)5-8)15-12(16)7-17-9(2)6-14/h3-5,9H,6-7,14H2,1-2H3,(H,15,16). The Kier molecular flexibility index (Phi) is 6.02. The molecule has 0 saturated heterocycles. The van der Waals surface area contributed by atoms with Gasteiger partial charge < -0.3 is 11.1 Å². The first-order chi connectivity index (χ1) is 8.02. The second-order valence-corrected chi connectivity index (χ2v) is 6.17. The van der Waals surface area contributed by atoms with Crippen molar-refractivity contribution in [1.82, 2.24) is 0 Å². The fourth-order valence-corrected chi connectivity index (χ4v) is 2.43. The highest BCUT2D eigenvalue weighted by molar-refractivity contribution is 9.10. The lowest BCUT2D eigenvalue weighted by Crippen LogP contribution is -2.19. The van der Waals surface area contributed by atoms with Gasteiger partial charge in [-0.05, 0) is 40.5 Å². The van der Waals surface area contributed by atoms with E-state index in [-0.39, 0.29) is 5.91 Å². The fourth-order valence-electron chi connectivity index (χ4n) is 1.19. The maximum atomic E-state index is 11.7. The third-order valence-corrected chi connectivity index (χ3v) is 4.08. The summed E-state index contributed by atoms with van der Waals surface area (Å²) in [6.45, 7) is 4.61. The number of aryl methyl sites for hydroxylation is 1. The average molecular weight is 317 g/mol. The van der Waals surface area contributed by atoms with Crippen molar-refractivity contribution in [3.8, 4) is 0 Å². The highest BCUT2D eigenvalue weighted by atomic mass is 79.9. The van der Waals surface area contributed by atoms with Crippen LogP contribution in [0.25, 0.3) is 0 Å². The van der Waals surface area contributed by atoms with Crippen LogP contribution in [-0.4, -0.2) is 23.5 Å². The molecule has 0 radical (unpaired) electrons. The third-order valence-electron chi connectivity index (χ3n) is 2.23. The molecule has 0 aliphatic carbocycles. The lowest BCUT2D eigenvalue weighted by molar-refractivity contribution is -0.113. The molecule has 0 bridgehead atoms. The van der Waals surface area contributed by atoms with Gasteiger partial charge in [-0.2, -0.15) is 0 Å². The normalized spacial score (nSPS) is 12.2. The van der Waals surface area contributed by atoms with Crippen molar-refractivity contribution in [1.29, 1.82) is 0 Å². The Morgan fingerprint density at radius 3 is 2.88 bits per heavy atom. The molecule has 0 heterocycles. The predicted molar refractivity (Wildman–Crippen MR) is 78.5 cm³/mol. The molecule has 5 heteroatoms. The molecule has 0 aliphatic heterocycles. The van der Waals surface area contributed by atoms with E-state index < -0.39 is 0 Å². The molecule has 1 atom stereocenters. The number of amides is 1. The number of nitrogens with two attached hydrogens (primary N) is 1. The number of carbonyl (C=O) groups is 1. The van der Waals surface area contributed by atoms with Gasteiger partial charge in [0.25, 0.3) is 0 Å². The van der Waals surface area contributed by atoms with Crippen molar-refractivity contribution in [3.05, 3.63) is 28.2 Å². The van der Waals surface area contributed by atoms with Crippen molar-refractivity contribution in [2.45, 2.75) is 19.1 Å². The first-order valence-corrected chi connectivity index (χ1v) is 7.24. The molecule has 1 rings (SSSR count). The van der Waals surface area contributed by atoms with Crippen molar-refractivity contribution in [2.75, 3.05) is 17.6 Å². The molecule has 94 valence electrons. The molecule has 0 spiro atoms. The number of thioether (sulfide) groups is 1. The fraction of sp³-hybridized carbons (Fsp3) is 0.417. The summed E-state index contributed by atoms with van der Waals surface area (Å²) in [7, 11) is 0. The first kappa shape index (κ1) is 14.5. The maximum Gasteiger partial charge on any atom is 0.234 e. The Morgan fingerprint density at radius 2 is 2.29 bits per heavy atom. The Bertz CT molecular complexity index is 398. The van der Waals surface area contributed by atoms with Crippen molar-refractivity contribution in [3.63, 3.8) is 0 Å². The maximum absolute atomic E-state index is 11.7. The Balaban J connectivity index is 2.50. The van der Waals surface area contributed by atoms with Crippen LogP contribution in [0.15, 0.2) is 22.7 Å². The number of carbonyl (C=O) groups excluding carboxylic acids is 1. The highest BCUT2D eigenvalue weighted by Crippen LogP contribution is 2.23. The van der Waals surface area contributed by atoms with Gasteiger partial charge in [0.2, 0.25) is 5.91 Å². The molecule has 0 aliphatic rings. The molecule has 0 saturated carbocycles. The van der Waals surface area contributed by atoms with Gasteiger partial charge >= 0.3 is 0 Å². The largest absolute Gasteiger partial charge is 0.329 e. The minimum Gasteiger partial charge on any atom is -0.329 e. The zero-order chi connectivity index (χ0) is 12.8. The van der Waals surface area contributed by atoms with E-state index in [2.05, 4.69) is 21.2 Å². The third kappa shape index (κ3) is 5.10. The second-order valence-electron chi connectivity index (χ2n) is 3.89. The molecule has 1 amide bonds. The average Bonchev–Trinajstić information content (AvgIpc) is 2.29. The van der Waals surface area contributed by atoms with E-state index >= 15 is 0 Å². The summed E-state index contributed by atoms with van der Waals surface area (Å²) >= 11 is 4.99. The number of rotatable bonds is 5. The molecular weight excluding hydrogens is 300 g/mol. The van der Waals surface area contributed by atoms with Crippen LogP contribution >= 0.6 is 27.7 Å². The van der Waals surface area contributed by atoms with Crippen LogP contribution in [0.5, 0.6) is 0 Å². The second kappa shape index (κ2) is 7.03. The van der Waals surface area contributed by atoms with Crippen LogP contribution in [-0.2, 0) is 4.79 Å². The van der Waals surface area contributed by atoms with Crippen LogP contribution in [0.2, 0.25) is 0 Å². The van der Waals surface area contributed by atoms with E-state index in [0.717, 1.165) is 15.7 Å². The Labute approximate surface area is 115 Å². The SMILES string of the molecule is Cc1ccc(NC(=O)CSC(C)CN)c(Br)c1. The topological polar surface area (TPSA) is 55.1 Å². The molecule has 3 N–H and O–H groups in total. The van der Waals surface area contributed by atoms with Gasteiger partial charge in [-0.1, -0.05) is 13.0 Å². The zero-order valence-electron chi connectivity index (χ0n) is 10.00. The number of anilines is 1. The number of hydrogen-bond acceptors (Lipinski definition) is 3. The van der Waals surface area contributed by atoms with Crippen LogP contribution in [0, 0.1) is 6.92 Å². The van der Waals surface area contributed by atoms with Crippen LogP contribution in [0.1, 0.15) is 12.5 Å². The molecule has 1 unspecified atom stereocenters. The Hall–Kier alpha value is -0.520. The van der Waals surface area contributed by atoms with E-state index in [9.17, 15) is 4.79 Å². The summed E-state index contributed by atoms with van der Waals surface area (Å²) in [6, 6.07) is 5.84. The first-order valence-electron chi connectivity index (χ1n) is 5.40. The number of benzene rings is 1. The van der Waals surface area contributed by atoms with Crippen molar-refractivity contribution >= 4 is 39.3 Å². The van der Waals surface area contributed by atoms with Gasteiger partial charge in [-0.25, -0.2) is 0 Å². The lowest BCUT2D eigenvalue weighted by atomic mass is 10.2. The summed E-state index contributed by atoms with van der Waals surface area (Å²) in [5.74, 6) is 0.429. The quantitative estimate of drug-likeness (QED) is 0.878. The number of nitrogens with one attached hydrogen (secondary N) is 1. The highest BCUT2D eigenvalue weighted by Gasteiger charge is 2.08. The lowest BCUT2D eigenvalue weighted by Gasteiger charge is -2.10. The summed E-state index contributed by atoms with van der Waals surface area (Å²) in [5.41, 5.74) is 7.45. The Morgan fingerprint density at radius 1 is 1.59 bits per heavy atom. The molecule has 1 aromatic rings. The summed E-state index contributed by atoms with van der Waals surface area (Å²) in [6.07, 6.45) is 0. The van der Waals surface area contributed by atoms with Crippen LogP contribution in [0.4, 0.5) is 5.69 Å². The van der Waals surface area contributed by atoms with Gasteiger partial charge in [0.1, 0.15) is 0 Å². The van der Waals surface area contributed by atoms with Crippen molar-refractivity contribution < 1.29 is 4.79 Å². The molecule has 0 aromatic heterocycles. The van der Waals surface area contributed by atoms with E-state index in [0.29, 0.717) is 17.5 Å².